The summed E-state index contributed by atoms with van der Waals surface area (Å²) in [6.07, 6.45) is 1.90. The second-order valence-corrected chi connectivity index (χ2v) is 8.59. The molecule has 1 aliphatic rings. The van der Waals surface area contributed by atoms with Crippen LogP contribution in [0.2, 0.25) is 0 Å². The van der Waals surface area contributed by atoms with Gasteiger partial charge in [0.25, 0.3) is 0 Å². The Morgan fingerprint density at radius 3 is 2.55 bits per heavy atom. The van der Waals surface area contributed by atoms with Gasteiger partial charge in [-0.25, -0.2) is 32.4 Å². The first-order valence-corrected chi connectivity index (χ1v) is 9.28. The van der Waals surface area contributed by atoms with Gasteiger partial charge in [-0.05, 0) is 18.9 Å². The number of rotatable bonds is 4. The lowest BCUT2D eigenvalue weighted by atomic mass is 10.2. The Hall–Kier alpha value is -1.23. The highest BCUT2D eigenvalue weighted by Gasteiger charge is 2.27. The van der Waals surface area contributed by atoms with Crippen molar-refractivity contribution in [3.63, 3.8) is 0 Å². The standard InChI is InChI=1S/C10H16N4O4S2/c11-13-10-7-9(1-4-12-10)20(17,18)14-8-2-5-19(15,16)6-3-8/h1,4,7-8,14H,2-3,5-6,11H2,(H,12,13). The van der Waals surface area contributed by atoms with Crippen molar-refractivity contribution in [2.75, 3.05) is 16.9 Å². The summed E-state index contributed by atoms with van der Waals surface area (Å²) in [5.74, 6) is 5.43. The molecule has 8 nitrogen and oxygen atoms in total. The van der Waals surface area contributed by atoms with E-state index in [0.29, 0.717) is 0 Å². The number of hydrazine groups is 1. The maximum Gasteiger partial charge on any atom is 0.241 e. The molecule has 0 saturated carbocycles. The fraction of sp³-hybridized carbons (Fsp3) is 0.500. The molecule has 1 saturated heterocycles. The Bertz CT molecular complexity index is 673. The van der Waals surface area contributed by atoms with E-state index in [9.17, 15) is 16.8 Å². The Morgan fingerprint density at radius 1 is 1.30 bits per heavy atom. The van der Waals surface area contributed by atoms with E-state index in [4.69, 9.17) is 5.84 Å². The van der Waals surface area contributed by atoms with Crippen LogP contribution >= 0.6 is 0 Å². The lowest BCUT2D eigenvalue weighted by Crippen LogP contribution is -2.40. The van der Waals surface area contributed by atoms with Gasteiger partial charge in [-0.3, -0.25) is 0 Å². The number of sulfonamides is 1. The van der Waals surface area contributed by atoms with Crippen LogP contribution in [0.3, 0.4) is 0 Å². The molecule has 112 valence electrons. The molecule has 2 heterocycles. The summed E-state index contributed by atoms with van der Waals surface area (Å²) < 4.78 is 49.5. The molecule has 4 N–H and O–H groups in total. The summed E-state index contributed by atoms with van der Waals surface area (Å²) in [6.45, 7) is 0. The van der Waals surface area contributed by atoms with Crippen LogP contribution < -0.4 is 16.0 Å². The van der Waals surface area contributed by atoms with Crippen LogP contribution in [0.1, 0.15) is 12.8 Å². The minimum atomic E-state index is -3.71. The summed E-state index contributed by atoms with van der Waals surface area (Å²) in [4.78, 5) is 3.87. The summed E-state index contributed by atoms with van der Waals surface area (Å²) in [6, 6.07) is 2.29. The van der Waals surface area contributed by atoms with Crippen LogP contribution in [-0.4, -0.2) is 39.4 Å². The SMILES string of the molecule is NNc1cc(S(=O)(=O)NC2CCS(=O)(=O)CC2)ccn1. The first-order valence-electron chi connectivity index (χ1n) is 5.98. The maximum absolute atomic E-state index is 12.2. The third kappa shape index (κ3) is 3.66. The van der Waals surface area contributed by atoms with Gasteiger partial charge >= 0.3 is 0 Å². The second-order valence-electron chi connectivity index (χ2n) is 4.57. The molecule has 0 spiro atoms. The van der Waals surface area contributed by atoms with E-state index in [1.807, 2.05) is 0 Å². The van der Waals surface area contributed by atoms with Gasteiger partial charge < -0.3 is 5.43 Å². The zero-order valence-electron chi connectivity index (χ0n) is 10.6. The molecule has 1 aliphatic heterocycles. The van der Waals surface area contributed by atoms with Crippen molar-refractivity contribution in [3.05, 3.63) is 18.3 Å². The first-order chi connectivity index (χ1) is 9.32. The minimum Gasteiger partial charge on any atom is -0.308 e. The Morgan fingerprint density at radius 2 is 1.95 bits per heavy atom. The highest BCUT2D eigenvalue weighted by atomic mass is 32.2. The topological polar surface area (TPSA) is 131 Å². The van der Waals surface area contributed by atoms with Crippen LogP contribution in [0.15, 0.2) is 23.2 Å². The number of sulfone groups is 1. The van der Waals surface area contributed by atoms with Gasteiger partial charge in [0.1, 0.15) is 15.7 Å². The zero-order valence-corrected chi connectivity index (χ0v) is 12.2. The van der Waals surface area contributed by atoms with E-state index in [2.05, 4.69) is 15.1 Å². The number of hydrogen-bond donors (Lipinski definition) is 3. The predicted molar refractivity (Wildman–Crippen MR) is 74.0 cm³/mol. The third-order valence-electron chi connectivity index (χ3n) is 3.07. The van der Waals surface area contributed by atoms with Crippen LogP contribution in [-0.2, 0) is 19.9 Å². The zero-order chi connectivity index (χ0) is 14.8. The second kappa shape index (κ2) is 5.64. The van der Waals surface area contributed by atoms with Crippen molar-refractivity contribution >= 4 is 25.7 Å². The van der Waals surface area contributed by atoms with Gasteiger partial charge in [-0.2, -0.15) is 0 Å². The van der Waals surface area contributed by atoms with E-state index in [0.717, 1.165) is 0 Å². The van der Waals surface area contributed by atoms with Gasteiger partial charge in [0.15, 0.2) is 0 Å². The highest BCUT2D eigenvalue weighted by Crippen LogP contribution is 2.17. The fourth-order valence-corrected chi connectivity index (χ4v) is 4.76. The number of nitrogens with zero attached hydrogens (tertiary/aromatic N) is 1. The van der Waals surface area contributed by atoms with E-state index >= 15 is 0 Å². The van der Waals surface area contributed by atoms with Crippen molar-refractivity contribution < 1.29 is 16.8 Å². The molecule has 0 bridgehead atoms. The molecule has 10 heteroatoms. The molecule has 2 rings (SSSR count). The minimum absolute atomic E-state index is 0.00609. The van der Waals surface area contributed by atoms with Crippen LogP contribution in [0.4, 0.5) is 5.82 Å². The molecule has 0 unspecified atom stereocenters. The number of nitrogen functional groups attached to an aromatic ring is 1. The molecular formula is C10H16N4O4S2. The van der Waals surface area contributed by atoms with E-state index in [1.54, 1.807) is 0 Å². The molecule has 1 aromatic heterocycles. The first kappa shape index (κ1) is 15.2. The summed E-state index contributed by atoms with van der Waals surface area (Å²) in [5.41, 5.74) is 2.27. The lowest BCUT2D eigenvalue weighted by Gasteiger charge is -2.22. The molecule has 0 aliphatic carbocycles. The van der Waals surface area contributed by atoms with E-state index < -0.39 is 19.9 Å². The Labute approximate surface area is 117 Å². The van der Waals surface area contributed by atoms with Crippen molar-refractivity contribution in [2.24, 2.45) is 5.84 Å². The maximum atomic E-state index is 12.2. The van der Waals surface area contributed by atoms with Gasteiger partial charge in [-0.1, -0.05) is 0 Å². The highest BCUT2D eigenvalue weighted by molar-refractivity contribution is 7.91. The van der Waals surface area contributed by atoms with Gasteiger partial charge in [-0.15, -0.1) is 0 Å². The van der Waals surface area contributed by atoms with Crippen molar-refractivity contribution in [1.29, 1.82) is 0 Å². The molecule has 0 aromatic carbocycles. The largest absolute Gasteiger partial charge is 0.308 e. The molecule has 0 amide bonds. The number of hydrogen-bond acceptors (Lipinski definition) is 7. The lowest BCUT2D eigenvalue weighted by molar-refractivity contribution is 0.505. The Kier molecular flexibility index (Phi) is 4.28. The van der Waals surface area contributed by atoms with Crippen molar-refractivity contribution in [2.45, 2.75) is 23.8 Å². The average molecular weight is 320 g/mol. The molecule has 0 atom stereocenters. The van der Waals surface area contributed by atoms with Gasteiger partial charge in [0, 0.05) is 18.3 Å². The van der Waals surface area contributed by atoms with Crippen LogP contribution in [0.5, 0.6) is 0 Å². The third-order valence-corrected chi connectivity index (χ3v) is 6.30. The predicted octanol–water partition coefficient (Wildman–Crippen LogP) is -0.777. The monoisotopic (exact) mass is 320 g/mol. The summed E-state index contributed by atoms with van der Waals surface area (Å²) in [5, 5.41) is 0. The molecule has 1 aromatic rings. The van der Waals surface area contributed by atoms with E-state index in [1.165, 1.54) is 18.3 Å². The molecule has 20 heavy (non-hydrogen) atoms. The molecular weight excluding hydrogens is 304 g/mol. The number of nitrogens with one attached hydrogen (secondary N) is 2. The average Bonchev–Trinajstić information content (AvgIpc) is 2.41. The smallest absolute Gasteiger partial charge is 0.241 e. The van der Waals surface area contributed by atoms with Crippen molar-refractivity contribution in [3.8, 4) is 0 Å². The number of aromatic nitrogens is 1. The van der Waals surface area contributed by atoms with Gasteiger partial charge in [0.05, 0.1) is 16.4 Å². The number of anilines is 1. The fourth-order valence-electron chi connectivity index (χ4n) is 1.95. The number of nitrogens with two attached hydrogens (primary N) is 1. The van der Waals surface area contributed by atoms with Crippen LogP contribution in [0.25, 0.3) is 0 Å². The van der Waals surface area contributed by atoms with Crippen LogP contribution in [0, 0.1) is 0 Å². The van der Waals surface area contributed by atoms with E-state index in [-0.39, 0.29) is 41.1 Å². The number of pyridine rings is 1. The molecule has 1 fully saturated rings. The van der Waals surface area contributed by atoms with Gasteiger partial charge in [0.2, 0.25) is 10.0 Å². The summed E-state index contributed by atoms with van der Waals surface area (Å²) in [7, 11) is -6.73. The van der Waals surface area contributed by atoms with Crippen molar-refractivity contribution in [1.82, 2.24) is 9.71 Å². The Balaban J connectivity index is 2.11. The quantitative estimate of drug-likeness (QED) is 0.490. The molecule has 0 radical (unpaired) electrons. The summed E-state index contributed by atoms with van der Waals surface area (Å²) >= 11 is 0. The normalized spacial score (nSPS) is 19.6.